The van der Waals surface area contributed by atoms with Gasteiger partial charge in [-0.25, -0.2) is 10.0 Å². The van der Waals surface area contributed by atoms with Gasteiger partial charge in [0, 0.05) is 20.3 Å². The Hall–Kier alpha value is -1.67. The number of hydrazine groups is 2. The minimum absolute atomic E-state index is 0.131. The first-order valence-corrected chi connectivity index (χ1v) is 12.5. The van der Waals surface area contributed by atoms with E-state index in [0.717, 1.165) is 34.4 Å². The van der Waals surface area contributed by atoms with E-state index in [1.807, 2.05) is 0 Å². The van der Waals surface area contributed by atoms with Crippen molar-refractivity contribution in [2.45, 2.75) is 124 Å². The van der Waals surface area contributed by atoms with Crippen molar-refractivity contribution < 1.29 is 24.6 Å². The fourth-order valence-corrected chi connectivity index (χ4v) is 3.73. The summed E-state index contributed by atoms with van der Waals surface area (Å²) in [5.74, 6) is -1.71. The summed E-state index contributed by atoms with van der Waals surface area (Å²) in [6, 6.07) is 0. The summed E-state index contributed by atoms with van der Waals surface area (Å²) in [6.45, 7) is 3.09. The van der Waals surface area contributed by atoms with Crippen molar-refractivity contribution in [3.05, 3.63) is 0 Å². The smallest absolute Gasteiger partial charge is 0.261 e. The zero-order valence-corrected chi connectivity index (χ0v) is 20.7. The van der Waals surface area contributed by atoms with Crippen LogP contribution in [-0.4, -0.2) is 56.5 Å². The van der Waals surface area contributed by atoms with Gasteiger partial charge in [-0.1, -0.05) is 96.8 Å². The highest BCUT2D eigenvalue weighted by atomic mass is 16.3. The SMILES string of the molecule is CCCCCCCCCCCCCCCCCC(=O)N(N(CO)C(C)=O)N(CO)C(C)=O. The number of aliphatic hydroxyl groups is 2. The van der Waals surface area contributed by atoms with Crippen LogP contribution >= 0.6 is 0 Å². The van der Waals surface area contributed by atoms with E-state index in [4.69, 9.17) is 0 Å². The van der Waals surface area contributed by atoms with Crippen LogP contribution in [0.4, 0.5) is 0 Å². The van der Waals surface area contributed by atoms with Crippen molar-refractivity contribution in [2.24, 2.45) is 0 Å². The molecule has 0 rings (SSSR count). The summed E-state index contributed by atoms with van der Waals surface area (Å²) in [6.07, 6.45) is 18.4. The number of rotatable bonds is 18. The average Bonchev–Trinajstić information content (AvgIpc) is 2.75. The van der Waals surface area contributed by atoms with Crippen molar-refractivity contribution in [1.29, 1.82) is 0 Å². The first-order chi connectivity index (χ1) is 15.4. The van der Waals surface area contributed by atoms with Crippen LogP contribution in [-0.2, 0) is 14.4 Å². The zero-order valence-electron chi connectivity index (χ0n) is 20.7. The van der Waals surface area contributed by atoms with E-state index in [0.29, 0.717) is 6.42 Å². The Morgan fingerprint density at radius 2 is 0.875 bits per heavy atom. The number of hydrogen-bond acceptors (Lipinski definition) is 5. The molecule has 0 saturated heterocycles. The van der Waals surface area contributed by atoms with Crippen LogP contribution in [0, 0.1) is 0 Å². The molecule has 2 N–H and O–H groups in total. The van der Waals surface area contributed by atoms with Gasteiger partial charge in [0.2, 0.25) is 11.8 Å². The van der Waals surface area contributed by atoms with Crippen LogP contribution in [0.2, 0.25) is 0 Å². The number of unbranched alkanes of at least 4 members (excludes halogenated alkanes) is 14. The predicted octanol–water partition coefficient (Wildman–Crippen LogP) is 4.50. The van der Waals surface area contributed by atoms with Gasteiger partial charge in [-0.2, -0.15) is 0 Å². The van der Waals surface area contributed by atoms with Gasteiger partial charge in [-0.15, -0.1) is 5.12 Å². The molecule has 0 bridgehead atoms. The van der Waals surface area contributed by atoms with Crippen molar-refractivity contribution in [2.75, 3.05) is 13.5 Å². The Bertz CT molecular complexity index is 494. The molecule has 0 aromatic rings. The van der Waals surface area contributed by atoms with Gasteiger partial charge in [-0.05, 0) is 6.42 Å². The lowest BCUT2D eigenvalue weighted by molar-refractivity contribution is -0.225. The Kier molecular flexibility index (Phi) is 18.9. The van der Waals surface area contributed by atoms with Crippen LogP contribution in [0.1, 0.15) is 124 Å². The maximum absolute atomic E-state index is 12.6. The maximum Gasteiger partial charge on any atom is 0.261 e. The van der Waals surface area contributed by atoms with Gasteiger partial charge >= 0.3 is 0 Å². The molecule has 3 amide bonds. The summed E-state index contributed by atoms with van der Waals surface area (Å²) >= 11 is 0. The van der Waals surface area contributed by atoms with Gasteiger partial charge in [0.1, 0.15) is 13.5 Å². The number of aliphatic hydroxyl groups excluding tert-OH is 2. The van der Waals surface area contributed by atoms with Gasteiger partial charge in [0.15, 0.2) is 0 Å². The molecule has 0 atom stereocenters. The largest absolute Gasteiger partial charge is 0.374 e. The van der Waals surface area contributed by atoms with E-state index < -0.39 is 31.2 Å². The van der Waals surface area contributed by atoms with Gasteiger partial charge in [0.25, 0.3) is 5.91 Å². The van der Waals surface area contributed by atoms with Gasteiger partial charge < -0.3 is 10.2 Å². The second kappa shape index (κ2) is 20.0. The topological polar surface area (TPSA) is 101 Å². The second-order valence-corrected chi connectivity index (χ2v) is 8.50. The van der Waals surface area contributed by atoms with Crippen LogP contribution in [0.5, 0.6) is 0 Å². The Morgan fingerprint density at radius 3 is 1.16 bits per heavy atom. The molecular weight excluding hydrogens is 410 g/mol. The molecule has 0 heterocycles. The van der Waals surface area contributed by atoms with Crippen molar-refractivity contribution in [1.82, 2.24) is 15.1 Å². The van der Waals surface area contributed by atoms with E-state index in [1.165, 1.54) is 84.5 Å². The molecule has 0 spiro atoms. The van der Waals surface area contributed by atoms with E-state index in [9.17, 15) is 24.6 Å². The second-order valence-electron chi connectivity index (χ2n) is 8.50. The molecule has 0 aliphatic rings. The molecule has 8 heteroatoms. The van der Waals surface area contributed by atoms with E-state index >= 15 is 0 Å². The predicted molar refractivity (Wildman–Crippen MR) is 126 cm³/mol. The van der Waals surface area contributed by atoms with E-state index in [2.05, 4.69) is 6.92 Å². The molecule has 0 saturated carbocycles. The fraction of sp³-hybridized carbons (Fsp3) is 0.875. The molecule has 32 heavy (non-hydrogen) atoms. The lowest BCUT2D eigenvalue weighted by Crippen LogP contribution is -2.59. The lowest BCUT2D eigenvalue weighted by atomic mass is 10.0. The molecule has 0 aromatic carbocycles. The van der Waals surface area contributed by atoms with Crippen molar-refractivity contribution in [3.8, 4) is 0 Å². The number of nitrogens with zero attached hydrogens (tertiary/aromatic N) is 3. The normalized spacial score (nSPS) is 10.8. The molecule has 0 aliphatic heterocycles. The third-order valence-electron chi connectivity index (χ3n) is 5.67. The standard InChI is InChI=1S/C24H47N3O5/c1-4-5-6-7-8-9-10-11-12-13-14-15-16-17-18-19-24(32)27(25(20-28)22(2)30)26(21-29)23(3)31/h28-29H,4-21H2,1-3H3. The quantitative estimate of drug-likeness (QED) is 0.179. The van der Waals surface area contributed by atoms with Crippen LogP contribution < -0.4 is 0 Å². The van der Waals surface area contributed by atoms with Gasteiger partial charge in [0.05, 0.1) is 0 Å². The molecule has 0 radical (unpaired) electrons. The van der Waals surface area contributed by atoms with Gasteiger partial charge in [-0.3, -0.25) is 14.4 Å². The minimum Gasteiger partial charge on any atom is -0.374 e. The van der Waals surface area contributed by atoms with Crippen LogP contribution in [0.15, 0.2) is 0 Å². The highest BCUT2D eigenvalue weighted by Gasteiger charge is 2.30. The maximum atomic E-state index is 12.6. The Morgan fingerprint density at radius 1 is 0.562 bits per heavy atom. The molecule has 0 aromatic heterocycles. The highest BCUT2D eigenvalue weighted by Crippen LogP contribution is 2.15. The van der Waals surface area contributed by atoms with E-state index in [1.54, 1.807) is 0 Å². The zero-order chi connectivity index (χ0) is 24.2. The molecule has 188 valence electrons. The average molecular weight is 458 g/mol. The molecule has 0 fully saturated rings. The highest BCUT2D eigenvalue weighted by molar-refractivity contribution is 5.83. The summed E-state index contributed by atoms with van der Waals surface area (Å²) in [5, 5.41) is 21.1. The molecule has 0 unspecified atom stereocenters. The molecule has 8 nitrogen and oxygen atoms in total. The monoisotopic (exact) mass is 457 g/mol. The molecule has 0 aliphatic carbocycles. The number of carbonyl (C=O) groups excluding carboxylic acids is 3. The fourth-order valence-electron chi connectivity index (χ4n) is 3.73. The third-order valence-corrected chi connectivity index (χ3v) is 5.67. The Balaban J connectivity index is 3.99. The van der Waals surface area contributed by atoms with E-state index in [-0.39, 0.29) is 6.42 Å². The number of hydrogen-bond donors (Lipinski definition) is 2. The van der Waals surface area contributed by atoms with Crippen LogP contribution in [0.25, 0.3) is 0 Å². The number of amides is 3. The van der Waals surface area contributed by atoms with Crippen LogP contribution in [0.3, 0.4) is 0 Å². The van der Waals surface area contributed by atoms with Crippen molar-refractivity contribution in [3.63, 3.8) is 0 Å². The lowest BCUT2D eigenvalue weighted by Gasteiger charge is -2.38. The summed E-state index contributed by atoms with van der Waals surface area (Å²) in [7, 11) is 0. The summed E-state index contributed by atoms with van der Waals surface area (Å²) in [5.41, 5.74) is 0. The number of carbonyl (C=O) groups is 3. The third kappa shape index (κ3) is 13.7. The summed E-state index contributed by atoms with van der Waals surface area (Å²) < 4.78 is 0. The Labute approximate surface area is 194 Å². The first kappa shape index (κ1) is 30.3. The molecular formula is C24H47N3O5. The minimum atomic E-state index is -0.760. The van der Waals surface area contributed by atoms with Crippen molar-refractivity contribution >= 4 is 17.7 Å². The summed E-state index contributed by atoms with van der Waals surface area (Å²) in [4.78, 5) is 36.1. The first-order valence-electron chi connectivity index (χ1n) is 12.5.